The molecule has 0 aromatic carbocycles. The third-order valence-electron chi connectivity index (χ3n) is 2.95. The average Bonchev–Trinajstić information content (AvgIpc) is 2.22. The Morgan fingerprint density at radius 2 is 1.88 bits per heavy atom. The van der Waals surface area contributed by atoms with Gasteiger partial charge in [0, 0.05) is 18.5 Å². The molecule has 0 unspecified atom stereocenters. The molecule has 17 heavy (non-hydrogen) atoms. The lowest BCUT2D eigenvalue weighted by atomic mass is 9.92. The van der Waals surface area contributed by atoms with Crippen molar-refractivity contribution >= 4 is 30.7 Å². The summed E-state index contributed by atoms with van der Waals surface area (Å²) in [6.07, 6.45) is 8.45. The number of nitrogens with one attached hydrogen (secondary N) is 1. The van der Waals surface area contributed by atoms with Gasteiger partial charge in [-0.15, -0.1) is 31.4 Å². The highest BCUT2D eigenvalue weighted by Gasteiger charge is 2.19. The highest BCUT2D eigenvalue weighted by molar-refractivity contribution is 5.85. The highest BCUT2D eigenvalue weighted by atomic mass is 35.5. The third kappa shape index (κ3) is 8.47. The highest BCUT2D eigenvalue weighted by Crippen LogP contribution is 2.17. The molecule has 0 heterocycles. The van der Waals surface area contributed by atoms with Crippen molar-refractivity contribution in [2.45, 2.75) is 57.0 Å². The second-order valence-corrected chi connectivity index (χ2v) is 4.36. The number of nitrogens with two attached hydrogens (primary N) is 1. The van der Waals surface area contributed by atoms with Crippen LogP contribution in [0.3, 0.4) is 0 Å². The summed E-state index contributed by atoms with van der Waals surface area (Å²) in [4.78, 5) is 11.5. The Labute approximate surface area is 116 Å². The van der Waals surface area contributed by atoms with E-state index in [2.05, 4.69) is 11.9 Å². The third-order valence-corrected chi connectivity index (χ3v) is 2.95. The molecular formula is C12H24Cl2N2O. The molecule has 0 atom stereocenters. The van der Waals surface area contributed by atoms with Crippen LogP contribution in [0, 0.1) is 0 Å². The molecule has 3 nitrogen and oxygen atoms in total. The van der Waals surface area contributed by atoms with Gasteiger partial charge < -0.3 is 11.1 Å². The topological polar surface area (TPSA) is 55.1 Å². The van der Waals surface area contributed by atoms with Crippen molar-refractivity contribution in [3.05, 3.63) is 12.7 Å². The Morgan fingerprint density at radius 1 is 1.29 bits per heavy atom. The molecule has 0 radical (unpaired) electrons. The lowest BCUT2D eigenvalue weighted by Gasteiger charge is -2.26. The summed E-state index contributed by atoms with van der Waals surface area (Å²) in [5.41, 5.74) is 5.80. The van der Waals surface area contributed by atoms with Gasteiger partial charge in [0.2, 0.25) is 5.91 Å². The standard InChI is InChI=1S/C12H22N2O.2ClH/c1-2-3-4-5-12(15)14-11-8-6-10(13)7-9-11;;/h2,10-11H,1,3-9,13H2,(H,14,15);2*1H. The van der Waals surface area contributed by atoms with E-state index in [4.69, 9.17) is 5.73 Å². The fraction of sp³-hybridized carbons (Fsp3) is 0.750. The number of rotatable bonds is 5. The summed E-state index contributed by atoms with van der Waals surface area (Å²) in [7, 11) is 0. The fourth-order valence-corrected chi connectivity index (χ4v) is 1.97. The Balaban J connectivity index is 0. The van der Waals surface area contributed by atoms with Crippen LogP contribution in [0.1, 0.15) is 44.9 Å². The summed E-state index contributed by atoms with van der Waals surface area (Å²) in [5.74, 6) is 0.178. The zero-order valence-corrected chi connectivity index (χ0v) is 11.8. The van der Waals surface area contributed by atoms with Gasteiger partial charge in [-0.1, -0.05) is 6.08 Å². The Morgan fingerprint density at radius 3 is 2.41 bits per heavy atom. The number of halogens is 2. The zero-order valence-electron chi connectivity index (χ0n) is 10.2. The first-order valence-electron chi connectivity index (χ1n) is 5.88. The van der Waals surface area contributed by atoms with Crippen LogP contribution >= 0.6 is 24.8 Å². The lowest BCUT2D eigenvalue weighted by molar-refractivity contribution is -0.122. The summed E-state index contributed by atoms with van der Waals surface area (Å²) in [6.45, 7) is 3.64. The summed E-state index contributed by atoms with van der Waals surface area (Å²) in [5, 5.41) is 3.07. The number of unbranched alkanes of at least 4 members (excludes halogenated alkanes) is 1. The maximum atomic E-state index is 11.5. The Kier molecular flexibility index (Phi) is 12.2. The second kappa shape index (κ2) is 10.9. The summed E-state index contributed by atoms with van der Waals surface area (Å²) in [6, 6.07) is 0.708. The molecule has 0 aliphatic heterocycles. The van der Waals surface area contributed by atoms with Gasteiger partial charge in [0.15, 0.2) is 0 Å². The van der Waals surface area contributed by atoms with Crippen LogP contribution in [0.25, 0.3) is 0 Å². The van der Waals surface area contributed by atoms with Gasteiger partial charge in [-0.05, 0) is 38.5 Å². The summed E-state index contributed by atoms with van der Waals surface area (Å²) < 4.78 is 0. The van der Waals surface area contributed by atoms with Crippen molar-refractivity contribution in [3.8, 4) is 0 Å². The first-order chi connectivity index (χ1) is 7.22. The van der Waals surface area contributed by atoms with Gasteiger partial charge in [0.05, 0.1) is 0 Å². The van der Waals surface area contributed by atoms with Crippen LogP contribution in [0.2, 0.25) is 0 Å². The van der Waals surface area contributed by atoms with Crippen molar-refractivity contribution in [2.24, 2.45) is 5.73 Å². The van der Waals surface area contributed by atoms with Gasteiger partial charge in [0.1, 0.15) is 0 Å². The molecule has 0 aromatic heterocycles. The van der Waals surface area contributed by atoms with Gasteiger partial charge in [0.25, 0.3) is 0 Å². The van der Waals surface area contributed by atoms with E-state index in [1.807, 2.05) is 6.08 Å². The van der Waals surface area contributed by atoms with Crippen LogP contribution in [-0.4, -0.2) is 18.0 Å². The van der Waals surface area contributed by atoms with Crippen molar-refractivity contribution in [1.29, 1.82) is 0 Å². The minimum absolute atomic E-state index is 0. The molecule has 0 spiro atoms. The van der Waals surface area contributed by atoms with E-state index in [0.29, 0.717) is 18.5 Å². The molecule has 0 bridgehead atoms. The number of carbonyl (C=O) groups excluding carboxylic acids is 1. The predicted octanol–water partition coefficient (Wildman–Crippen LogP) is 2.57. The number of hydrogen-bond acceptors (Lipinski definition) is 2. The fourth-order valence-electron chi connectivity index (χ4n) is 1.97. The van der Waals surface area contributed by atoms with Gasteiger partial charge in [-0.3, -0.25) is 4.79 Å². The zero-order chi connectivity index (χ0) is 11.1. The average molecular weight is 283 g/mol. The largest absolute Gasteiger partial charge is 0.353 e. The van der Waals surface area contributed by atoms with Crippen molar-refractivity contribution < 1.29 is 4.79 Å². The van der Waals surface area contributed by atoms with E-state index < -0.39 is 0 Å². The van der Waals surface area contributed by atoms with Crippen LogP contribution < -0.4 is 11.1 Å². The van der Waals surface area contributed by atoms with E-state index in [1.54, 1.807) is 0 Å². The van der Waals surface area contributed by atoms with Gasteiger partial charge >= 0.3 is 0 Å². The van der Waals surface area contributed by atoms with Crippen molar-refractivity contribution in [2.75, 3.05) is 0 Å². The monoisotopic (exact) mass is 282 g/mol. The first kappa shape index (κ1) is 19.1. The number of amides is 1. The van der Waals surface area contributed by atoms with E-state index in [-0.39, 0.29) is 30.7 Å². The SMILES string of the molecule is C=CCCCC(=O)NC1CCC(N)CC1.Cl.Cl. The van der Waals surface area contributed by atoms with Crippen LogP contribution in [0.5, 0.6) is 0 Å². The van der Waals surface area contributed by atoms with Crippen LogP contribution in [0.4, 0.5) is 0 Å². The molecule has 0 aromatic rings. The number of allylic oxidation sites excluding steroid dienone is 1. The van der Waals surface area contributed by atoms with Crippen molar-refractivity contribution in [1.82, 2.24) is 5.32 Å². The molecule has 1 saturated carbocycles. The first-order valence-corrected chi connectivity index (χ1v) is 5.88. The number of carbonyl (C=O) groups is 1. The maximum absolute atomic E-state index is 11.5. The van der Waals surface area contributed by atoms with E-state index in [9.17, 15) is 4.79 Å². The molecule has 1 aliphatic rings. The van der Waals surface area contributed by atoms with Gasteiger partial charge in [-0.2, -0.15) is 0 Å². The smallest absolute Gasteiger partial charge is 0.220 e. The summed E-state index contributed by atoms with van der Waals surface area (Å²) >= 11 is 0. The minimum Gasteiger partial charge on any atom is -0.353 e. The lowest BCUT2D eigenvalue weighted by Crippen LogP contribution is -2.40. The van der Waals surface area contributed by atoms with Crippen molar-refractivity contribution in [3.63, 3.8) is 0 Å². The minimum atomic E-state index is 0. The molecule has 1 rings (SSSR count). The van der Waals surface area contributed by atoms with Gasteiger partial charge in [-0.25, -0.2) is 0 Å². The molecule has 5 heteroatoms. The second-order valence-electron chi connectivity index (χ2n) is 4.36. The molecule has 1 fully saturated rings. The molecule has 3 N–H and O–H groups in total. The van der Waals surface area contributed by atoms with Crippen LogP contribution in [0.15, 0.2) is 12.7 Å². The molecule has 1 amide bonds. The maximum Gasteiger partial charge on any atom is 0.220 e. The normalized spacial score (nSPS) is 22.9. The van der Waals surface area contributed by atoms with E-state index in [1.165, 1.54) is 0 Å². The predicted molar refractivity (Wildman–Crippen MR) is 76.9 cm³/mol. The molecule has 1 aliphatic carbocycles. The molecule has 102 valence electrons. The number of hydrogen-bond donors (Lipinski definition) is 2. The Hall–Kier alpha value is -0.250. The van der Waals surface area contributed by atoms with E-state index in [0.717, 1.165) is 38.5 Å². The Bertz CT molecular complexity index is 217. The van der Waals surface area contributed by atoms with Crippen LogP contribution in [-0.2, 0) is 4.79 Å². The molecular weight excluding hydrogens is 259 g/mol. The molecule has 0 saturated heterocycles. The quantitative estimate of drug-likeness (QED) is 0.602. The van der Waals surface area contributed by atoms with E-state index >= 15 is 0 Å².